The van der Waals surface area contributed by atoms with Gasteiger partial charge in [0.05, 0.1) is 0 Å². The maximum absolute atomic E-state index is 12.6. The Balaban J connectivity index is 2.41. The lowest BCUT2D eigenvalue weighted by molar-refractivity contribution is 0.271. The van der Waals surface area contributed by atoms with Gasteiger partial charge in [-0.05, 0) is 28.8 Å². The first-order chi connectivity index (χ1) is 8.48. The number of alkyl halides is 1. The van der Waals surface area contributed by atoms with Gasteiger partial charge in [-0.1, -0.05) is 27.6 Å². The fraction of sp³-hybridized carbons (Fsp3) is 0.778. The number of aromatic nitrogens is 3. The highest BCUT2D eigenvalue weighted by Gasteiger charge is 2.36. The second-order valence-electron chi connectivity index (χ2n) is 4.23. The summed E-state index contributed by atoms with van der Waals surface area (Å²) in [7, 11) is -1.97. The van der Waals surface area contributed by atoms with Crippen molar-refractivity contribution in [2.75, 3.05) is 11.9 Å². The van der Waals surface area contributed by atoms with E-state index in [1.807, 2.05) is 0 Å². The second kappa shape index (κ2) is 5.56. The first-order valence-electron chi connectivity index (χ1n) is 5.61. The van der Waals surface area contributed by atoms with Gasteiger partial charge in [0.15, 0.2) is 4.60 Å². The van der Waals surface area contributed by atoms with Gasteiger partial charge in [0.1, 0.15) is 0 Å². The molecule has 9 heteroatoms. The molecule has 102 valence electrons. The number of hydrogen-bond acceptors (Lipinski definition) is 4. The van der Waals surface area contributed by atoms with E-state index in [0.29, 0.717) is 11.9 Å². The molecule has 1 unspecified atom stereocenters. The zero-order valence-electron chi connectivity index (χ0n) is 9.88. The quantitative estimate of drug-likeness (QED) is 0.720. The number of aryl methyl sites for hydroxylation is 1. The third-order valence-electron chi connectivity index (χ3n) is 3.04. The van der Waals surface area contributed by atoms with Crippen LogP contribution in [0.3, 0.4) is 0 Å². The first kappa shape index (κ1) is 14.4. The first-order valence-corrected chi connectivity index (χ1v) is 8.97. The molecule has 1 aliphatic rings. The lowest BCUT2D eigenvalue weighted by Gasteiger charge is -2.33. The molecule has 1 aromatic rings. The summed E-state index contributed by atoms with van der Waals surface area (Å²) in [5, 5.41) is 8.24. The SMILES string of the molecule is Cn1nnc(Br)c1S(=O)(=O)N1CCCCC1CBr. The van der Waals surface area contributed by atoms with Crippen molar-refractivity contribution in [3.05, 3.63) is 4.60 Å². The number of hydrogen-bond donors (Lipinski definition) is 0. The van der Waals surface area contributed by atoms with Crippen molar-refractivity contribution in [3.63, 3.8) is 0 Å². The van der Waals surface area contributed by atoms with E-state index in [1.165, 1.54) is 4.68 Å². The Kier molecular flexibility index (Phi) is 4.45. The molecule has 1 aromatic heterocycles. The van der Waals surface area contributed by atoms with Crippen molar-refractivity contribution in [1.29, 1.82) is 0 Å². The largest absolute Gasteiger partial charge is 0.263 e. The minimum Gasteiger partial charge on any atom is -0.235 e. The van der Waals surface area contributed by atoms with Crippen LogP contribution in [0.1, 0.15) is 19.3 Å². The Morgan fingerprint density at radius 2 is 2.17 bits per heavy atom. The van der Waals surface area contributed by atoms with Gasteiger partial charge in [-0.3, -0.25) is 0 Å². The summed E-state index contributed by atoms with van der Waals surface area (Å²) in [6, 6.07) is 0.00514. The van der Waals surface area contributed by atoms with Gasteiger partial charge in [0, 0.05) is 25.0 Å². The van der Waals surface area contributed by atoms with E-state index < -0.39 is 10.0 Å². The van der Waals surface area contributed by atoms with Gasteiger partial charge in [0.25, 0.3) is 10.0 Å². The molecule has 0 aliphatic carbocycles. The van der Waals surface area contributed by atoms with Gasteiger partial charge in [-0.15, -0.1) is 5.10 Å². The fourth-order valence-corrected chi connectivity index (χ4v) is 5.75. The molecule has 0 radical (unpaired) electrons. The van der Waals surface area contributed by atoms with Gasteiger partial charge < -0.3 is 0 Å². The standard InChI is InChI=1S/C9H14Br2N4O2S/c1-14-9(8(11)12-13-14)18(16,17)15-5-3-2-4-7(15)6-10/h7H,2-6H2,1H3. The molecule has 0 bridgehead atoms. The van der Waals surface area contributed by atoms with Crippen LogP contribution in [0.2, 0.25) is 0 Å². The summed E-state index contributed by atoms with van der Waals surface area (Å²) in [6.07, 6.45) is 2.84. The van der Waals surface area contributed by atoms with Crippen LogP contribution in [0.15, 0.2) is 9.63 Å². The van der Waals surface area contributed by atoms with Crippen molar-refractivity contribution in [2.24, 2.45) is 7.05 Å². The molecule has 1 aliphatic heterocycles. The zero-order chi connectivity index (χ0) is 13.3. The molecule has 2 heterocycles. The maximum atomic E-state index is 12.6. The normalized spacial score (nSPS) is 22.3. The molecule has 2 rings (SSSR count). The summed E-state index contributed by atoms with van der Waals surface area (Å²) < 4.78 is 28.4. The molecular weight excluding hydrogens is 388 g/mol. The Bertz CT molecular complexity index is 511. The average molecular weight is 402 g/mol. The van der Waals surface area contributed by atoms with E-state index in [9.17, 15) is 8.42 Å². The monoisotopic (exact) mass is 400 g/mol. The van der Waals surface area contributed by atoms with Crippen LogP contribution >= 0.6 is 31.9 Å². The van der Waals surface area contributed by atoms with Crippen LogP contribution in [0, 0.1) is 0 Å². The molecule has 0 amide bonds. The van der Waals surface area contributed by atoms with Gasteiger partial charge in [-0.25, -0.2) is 13.1 Å². The number of piperidine rings is 1. The molecule has 0 N–H and O–H groups in total. The van der Waals surface area contributed by atoms with Crippen LogP contribution in [-0.2, 0) is 17.1 Å². The smallest absolute Gasteiger partial charge is 0.235 e. The van der Waals surface area contributed by atoms with Gasteiger partial charge in [-0.2, -0.15) is 4.31 Å². The van der Waals surface area contributed by atoms with Crippen molar-refractivity contribution in [1.82, 2.24) is 19.3 Å². The summed E-state index contributed by atoms with van der Waals surface area (Å²) in [6.45, 7) is 0.552. The third kappa shape index (κ3) is 2.50. The van der Waals surface area contributed by atoms with Crippen LogP contribution in [0.25, 0.3) is 0 Å². The number of nitrogens with zero attached hydrogens (tertiary/aromatic N) is 4. The highest BCUT2D eigenvalue weighted by Crippen LogP contribution is 2.28. The summed E-state index contributed by atoms with van der Waals surface area (Å²) in [5.74, 6) is 0. The van der Waals surface area contributed by atoms with Crippen molar-refractivity contribution < 1.29 is 8.42 Å². The number of sulfonamides is 1. The van der Waals surface area contributed by atoms with Crippen molar-refractivity contribution in [3.8, 4) is 0 Å². The zero-order valence-corrected chi connectivity index (χ0v) is 13.9. The van der Waals surface area contributed by atoms with Gasteiger partial charge >= 0.3 is 0 Å². The Morgan fingerprint density at radius 3 is 2.72 bits per heavy atom. The van der Waals surface area contributed by atoms with E-state index in [1.54, 1.807) is 11.4 Å². The van der Waals surface area contributed by atoms with E-state index in [2.05, 4.69) is 42.2 Å². The van der Waals surface area contributed by atoms with Crippen LogP contribution < -0.4 is 0 Å². The topological polar surface area (TPSA) is 68.1 Å². The van der Waals surface area contributed by atoms with Gasteiger partial charge in [0.2, 0.25) is 5.03 Å². The molecule has 1 atom stereocenters. The van der Waals surface area contributed by atoms with E-state index in [4.69, 9.17) is 0 Å². The summed E-state index contributed by atoms with van der Waals surface area (Å²) in [5.41, 5.74) is 0. The lowest BCUT2D eigenvalue weighted by atomic mass is 10.1. The summed E-state index contributed by atoms with van der Waals surface area (Å²) >= 11 is 6.54. The Labute approximate surface area is 123 Å². The van der Waals surface area contributed by atoms with Crippen LogP contribution in [0.5, 0.6) is 0 Å². The molecule has 1 fully saturated rings. The molecule has 18 heavy (non-hydrogen) atoms. The predicted molar refractivity (Wildman–Crippen MR) is 74.0 cm³/mol. The van der Waals surface area contributed by atoms with E-state index in [0.717, 1.165) is 19.3 Å². The average Bonchev–Trinajstić information content (AvgIpc) is 2.69. The summed E-state index contributed by atoms with van der Waals surface area (Å²) in [4.78, 5) is 0. The molecule has 0 spiro atoms. The molecule has 6 nitrogen and oxygen atoms in total. The molecule has 1 saturated heterocycles. The van der Waals surface area contributed by atoms with Crippen molar-refractivity contribution >= 4 is 41.9 Å². The molecular formula is C9H14Br2N4O2S. The minimum atomic E-state index is -3.55. The maximum Gasteiger partial charge on any atom is 0.263 e. The highest BCUT2D eigenvalue weighted by molar-refractivity contribution is 9.10. The van der Waals surface area contributed by atoms with E-state index >= 15 is 0 Å². The predicted octanol–water partition coefficient (Wildman–Crippen LogP) is 1.52. The lowest BCUT2D eigenvalue weighted by Crippen LogP contribution is -2.45. The van der Waals surface area contributed by atoms with Crippen molar-refractivity contribution in [2.45, 2.75) is 30.3 Å². The molecule has 0 aromatic carbocycles. The fourth-order valence-electron chi connectivity index (χ4n) is 2.15. The third-order valence-corrected chi connectivity index (χ3v) is 6.63. The molecule has 0 saturated carbocycles. The second-order valence-corrected chi connectivity index (χ2v) is 7.43. The van der Waals surface area contributed by atoms with Crippen LogP contribution in [-0.4, -0.2) is 45.6 Å². The minimum absolute atomic E-state index is 0.00514. The van der Waals surface area contributed by atoms with E-state index in [-0.39, 0.29) is 15.7 Å². The number of rotatable bonds is 3. The Morgan fingerprint density at radius 1 is 1.44 bits per heavy atom. The van der Waals surface area contributed by atoms with Crippen LogP contribution in [0.4, 0.5) is 0 Å². The Hall–Kier alpha value is 0.01000. The number of halogens is 2. The highest BCUT2D eigenvalue weighted by atomic mass is 79.9.